The molecule has 0 aliphatic carbocycles. The van der Waals surface area contributed by atoms with Gasteiger partial charge in [0.05, 0.1) is 11.1 Å². The lowest BCUT2D eigenvalue weighted by Gasteiger charge is -2.36. The van der Waals surface area contributed by atoms with E-state index in [1.165, 1.54) is 0 Å². The van der Waals surface area contributed by atoms with Gasteiger partial charge in [-0.2, -0.15) is 4.98 Å². The van der Waals surface area contributed by atoms with Crippen LogP contribution in [-0.2, 0) is 11.2 Å². The van der Waals surface area contributed by atoms with Crippen LogP contribution in [0.4, 0.5) is 0 Å². The van der Waals surface area contributed by atoms with E-state index in [1.54, 1.807) is 23.1 Å². The number of hydrogen-bond donors (Lipinski definition) is 0. The lowest BCUT2D eigenvalue weighted by molar-refractivity contribution is -0.135. The largest absolute Gasteiger partial charge is 0.482 e. The zero-order valence-electron chi connectivity index (χ0n) is 17.7. The summed E-state index contributed by atoms with van der Waals surface area (Å²) in [6.45, 7) is 4.61. The maximum absolute atomic E-state index is 12.5. The summed E-state index contributed by atoms with van der Waals surface area (Å²) in [4.78, 5) is 21.1. The van der Waals surface area contributed by atoms with Crippen molar-refractivity contribution in [1.29, 1.82) is 0 Å². The predicted octanol–water partition coefficient (Wildman–Crippen LogP) is 4.25. The Morgan fingerprint density at radius 2 is 1.88 bits per heavy atom. The molecule has 1 atom stereocenters. The number of ether oxygens (including phenoxy) is 1. The van der Waals surface area contributed by atoms with Gasteiger partial charge in [-0.3, -0.25) is 9.69 Å². The normalized spacial score (nSPS) is 15.5. The molecule has 0 bridgehead atoms. The average Bonchev–Trinajstić information content (AvgIpc) is 3.27. The van der Waals surface area contributed by atoms with E-state index in [4.69, 9.17) is 32.5 Å². The highest BCUT2D eigenvalue weighted by atomic mass is 35.5. The van der Waals surface area contributed by atoms with E-state index in [0.29, 0.717) is 60.1 Å². The molecule has 0 N–H and O–H groups in total. The van der Waals surface area contributed by atoms with Crippen molar-refractivity contribution >= 4 is 29.1 Å². The smallest absolute Gasteiger partial charge is 0.260 e. The van der Waals surface area contributed by atoms with E-state index >= 15 is 0 Å². The lowest BCUT2D eigenvalue weighted by atomic mass is 10.1. The molecular formula is C23H24Cl2N4O3. The second-order valence-corrected chi connectivity index (χ2v) is 8.51. The molecule has 2 aromatic carbocycles. The summed E-state index contributed by atoms with van der Waals surface area (Å²) in [5.74, 6) is 1.63. The van der Waals surface area contributed by atoms with Gasteiger partial charge in [-0.1, -0.05) is 58.7 Å². The molecule has 1 fully saturated rings. The summed E-state index contributed by atoms with van der Waals surface area (Å²) in [7, 11) is 0. The van der Waals surface area contributed by atoms with Gasteiger partial charge in [0.15, 0.2) is 12.4 Å². The SMILES string of the molecule is C[C@@H](c1nc(Cc2ccccc2)no1)N1CCN(C(=O)COc2ccc(Cl)cc2Cl)CC1. The van der Waals surface area contributed by atoms with Crippen molar-refractivity contribution in [2.75, 3.05) is 32.8 Å². The molecule has 9 heteroatoms. The van der Waals surface area contributed by atoms with Gasteiger partial charge < -0.3 is 14.2 Å². The number of benzene rings is 2. The van der Waals surface area contributed by atoms with Crippen LogP contribution in [0.2, 0.25) is 10.0 Å². The highest BCUT2D eigenvalue weighted by Gasteiger charge is 2.28. The minimum atomic E-state index is -0.0775. The minimum Gasteiger partial charge on any atom is -0.482 e. The first-order valence-electron chi connectivity index (χ1n) is 10.5. The number of carbonyl (C=O) groups is 1. The van der Waals surface area contributed by atoms with Crippen molar-refractivity contribution in [3.05, 3.63) is 75.9 Å². The third-order valence-corrected chi connectivity index (χ3v) is 6.04. The molecule has 7 nitrogen and oxygen atoms in total. The van der Waals surface area contributed by atoms with Crippen LogP contribution in [0.25, 0.3) is 0 Å². The van der Waals surface area contributed by atoms with Crippen LogP contribution in [0.5, 0.6) is 5.75 Å². The summed E-state index contributed by atoms with van der Waals surface area (Å²) in [6.07, 6.45) is 0.636. The maximum atomic E-state index is 12.5. The molecule has 3 aromatic rings. The number of amides is 1. The fraction of sp³-hybridized carbons (Fsp3) is 0.348. The van der Waals surface area contributed by atoms with Gasteiger partial charge in [0, 0.05) is 37.6 Å². The molecule has 1 amide bonds. The quantitative estimate of drug-likeness (QED) is 0.509. The van der Waals surface area contributed by atoms with Crippen molar-refractivity contribution < 1.29 is 14.1 Å². The van der Waals surface area contributed by atoms with Crippen LogP contribution in [0.3, 0.4) is 0 Å². The van der Waals surface area contributed by atoms with Crippen molar-refractivity contribution in [3.63, 3.8) is 0 Å². The van der Waals surface area contributed by atoms with Gasteiger partial charge in [0.1, 0.15) is 5.75 Å². The van der Waals surface area contributed by atoms with Crippen LogP contribution in [0.15, 0.2) is 53.1 Å². The van der Waals surface area contributed by atoms with E-state index < -0.39 is 0 Å². The van der Waals surface area contributed by atoms with Gasteiger partial charge in [0.2, 0.25) is 5.89 Å². The zero-order chi connectivity index (χ0) is 22.5. The van der Waals surface area contributed by atoms with Crippen LogP contribution in [0, 0.1) is 0 Å². The number of aromatic nitrogens is 2. The highest BCUT2D eigenvalue weighted by Crippen LogP contribution is 2.27. The molecule has 168 valence electrons. The van der Waals surface area contributed by atoms with Crippen LogP contribution >= 0.6 is 23.2 Å². The molecule has 1 saturated heterocycles. The van der Waals surface area contributed by atoms with Crippen LogP contribution < -0.4 is 4.74 Å². The Hall–Kier alpha value is -2.61. The number of nitrogens with zero attached hydrogens (tertiary/aromatic N) is 4. The van der Waals surface area contributed by atoms with E-state index in [-0.39, 0.29) is 18.6 Å². The van der Waals surface area contributed by atoms with E-state index in [0.717, 1.165) is 5.56 Å². The topological polar surface area (TPSA) is 71.7 Å². The monoisotopic (exact) mass is 474 g/mol. The summed E-state index contributed by atoms with van der Waals surface area (Å²) in [5, 5.41) is 5.03. The second-order valence-electron chi connectivity index (χ2n) is 7.67. The Kier molecular flexibility index (Phi) is 7.29. The summed E-state index contributed by atoms with van der Waals surface area (Å²) in [6, 6.07) is 15.0. The molecule has 0 unspecified atom stereocenters. The summed E-state index contributed by atoms with van der Waals surface area (Å²) >= 11 is 12.0. The Labute approximate surface area is 196 Å². The first-order valence-corrected chi connectivity index (χ1v) is 11.2. The molecule has 1 aromatic heterocycles. The molecule has 2 heterocycles. The third-order valence-electron chi connectivity index (χ3n) is 5.51. The van der Waals surface area contributed by atoms with Crippen LogP contribution in [0.1, 0.15) is 30.2 Å². The van der Waals surface area contributed by atoms with Gasteiger partial charge in [-0.25, -0.2) is 0 Å². The molecule has 1 aliphatic heterocycles. The third kappa shape index (κ3) is 5.59. The molecular weight excluding hydrogens is 451 g/mol. The fourth-order valence-corrected chi connectivity index (χ4v) is 4.09. The standard InChI is InChI=1S/C23H24Cl2N4O3/c1-16(23-26-21(27-32-23)13-17-5-3-2-4-6-17)28-9-11-29(12-10-28)22(30)15-31-20-8-7-18(24)14-19(20)25/h2-8,14,16H,9-13,15H2,1H3/t16-/m0/s1. The Balaban J connectivity index is 1.26. The second kappa shape index (κ2) is 10.3. The van der Waals surface area contributed by atoms with Crippen molar-refractivity contribution in [2.24, 2.45) is 0 Å². The van der Waals surface area contributed by atoms with E-state index in [1.807, 2.05) is 37.3 Å². The van der Waals surface area contributed by atoms with Crippen molar-refractivity contribution in [1.82, 2.24) is 19.9 Å². The molecule has 1 aliphatic rings. The van der Waals surface area contributed by atoms with Crippen molar-refractivity contribution in [2.45, 2.75) is 19.4 Å². The molecule has 32 heavy (non-hydrogen) atoms. The minimum absolute atomic E-state index is 0.0200. The van der Waals surface area contributed by atoms with Crippen LogP contribution in [-0.4, -0.2) is 58.6 Å². The first-order chi connectivity index (χ1) is 15.5. The Morgan fingerprint density at radius 3 is 2.59 bits per heavy atom. The Bertz CT molecular complexity index is 1050. The molecule has 0 spiro atoms. The highest BCUT2D eigenvalue weighted by molar-refractivity contribution is 6.35. The van der Waals surface area contributed by atoms with E-state index in [2.05, 4.69) is 15.0 Å². The Morgan fingerprint density at radius 1 is 1.12 bits per heavy atom. The molecule has 4 rings (SSSR count). The summed E-state index contributed by atoms with van der Waals surface area (Å²) < 4.78 is 11.1. The van der Waals surface area contributed by atoms with Gasteiger partial charge in [-0.05, 0) is 30.7 Å². The zero-order valence-corrected chi connectivity index (χ0v) is 19.2. The number of hydrogen-bond acceptors (Lipinski definition) is 6. The van der Waals surface area contributed by atoms with Gasteiger partial charge in [-0.15, -0.1) is 0 Å². The molecule has 0 radical (unpaired) electrons. The number of halogens is 2. The maximum Gasteiger partial charge on any atom is 0.260 e. The predicted molar refractivity (Wildman–Crippen MR) is 122 cm³/mol. The number of carbonyl (C=O) groups excluding carboxylic acids is 1. The summed E-state index contributed by atoms with van der Waals surface area (Å²) in [5.41, 5.74) is 1.14. The number of piperazine rings is 1. The van der Waals surface area contributed by atoms with Gasteiger partial charge >= 0.3 is 0 Å². The fourth-order valence-electron chi connectivity index (χ4n) is 3.63. The van der Waals surface area contributed by atoms with Crippen molar-refractivity contribution in [3.8, 4) is 5.75 Å². The first kappa shape index (κ1) is 22.6. The lowest BCUT2D eigenvalue weighted by Crippen LogP contribution is -2.50. The van der Waals surface area contributed by atoms with Gasteiger partial charge in [0.25, 0.3) is 5.91 Å². The van der Waals surface area contributed by atoms with E-state index in [9.17, 15) is 4.79 Å². The number of rotatable bonds is 7. The average molecular weight is 475 g/mol. The molecule has 0 saturated carbocycles.